The van der Waals surface area contributed by atoms with E-state index in [9.17, 15) is 4.79 Å². The fourth-order valence-electron chi connectivity index (χ4n) is 3.35. The summed E-state index contributed by atoms with van der Waals surface area (Å²) in [5.41, 5.74) is 1.65. The number of carbonyl (C=O) groups excluding carboxylic acids is 1. The van der Waals surface area contributed by atoms with Crippen molar-refractivity contribution in [2.75, 3.05) is 25.5 Å². The van der Waals surface area contributed by atoms with E-state index in [1.807, 2.05) is 42.5 Å². The van der Waals surface area contributed by atoms with Crippen LogP contribution < -0.4 is 5.32 Å². The molecule has 1 aliphatic rings. The molecular weight excluding hydrogens is 401 g/mol. The lowest BCUT2D eigenvalue weighted by molar-refractivity contribution is -0.130. The van der Waals surface area contributed by atoms with Crippen molar-refractivity contribution < 1.29 is 9.53 Å². The van der Waals surface area contributed by atoms with Gasteiger partial charge in [0.1, 0.15) is 0 Å². The first-order valence-electron chi connectivity index (χ1n) is 9.05. The summed E-state index contributed by atoms with van der Waals surface area (Å²) in [5.74, 6) is 1.72. The maximum absolute atomic E-state index is 13.0. The van der Waals surface area contributed by atoms with Crippen LogP contribution in [0.15, 0.2) is 48.5 Å². The molecule has 6 heteroatoms. The first kappa shape index (κ1) is 20.5. The molecule has 3 rings (SSSR count). The van der Waals surface area contributed by atoms with Crippen LogP contribution in [0.3, 0.4) is 0 Å². The molecule has 1 amide bonds. The second-order valence-corrected chi connectivity index (χ2v) is 8.55. The maximum Gasteiger partial charge on any atom is 0.230 e. The molecule has 1 saturated heterocycles. The van der Waals surface area contributed by atoms with Gasteiger partial charge in [0, 0.05) is 41.3 Å². The second kappa shape index (κ2) is 9.83. The Morgan fingerprint density at radius 3 is 2.56 bits per heavy atom. The number of ether oxygens (including phenoxy) is 1. The Morgan fingerprint density at radius 2 is 1.85 bits per heavy atom. The van der Waals surface area contributed by atoms with Crippen molar-refractivity contribution in [1.82, 2.24) is 5.32 Å². The highest BCUT2D eigenvalue weighted by Gasteiger charge is 2.41. The Labute approximate surface area is 174 Å². The number of rotatable bonds is 7. The van der Waals surface area contributed by atoms with Gasteiger partial charge in [0.15, 0.2) is 0 Å². The molecule has 0 aliphatic carbocycles. The van der Waals surface area contributed by atoms with E-state index in [4.69, 9.17) is 27.9 Å². The van der Waals surface area contributed by atoms with Crippen LogP contribution in [0.2, 0.25) is 10.0 Å². The smallest absolute Gasteiger partial charge is 0.230 e. The Morgan fingerprint density at radius 1 is 1.11 bits per heavy atom. The summed E-state index contributed by atoms with van der Waals surface area (Å²) in [6.45, 7) is 1.86. The van der Waals surface area contributed by atoms with Gasteiger partial charge in [-0.3, -0.25) is 4.79 Å². The molecule has 2 aromatic rings. The summed E-state index contributed by atoms with van der Waals surface area (Å²) in [6, 6.07) is 15.6. The van der Waals surface area contributed by atoms with Gasteiger partial charge in [-0.15, -0.1) is 0 Å². The lowest BCUT2D eigenvalue weighted by Crippen LogP contribution is -2.48. The molecule has 2 aromatic carbocycles. The predicted octanol–water partition coefficient (Wildman–Crippen LogP) is 5.09. The van der Waals surface area contributed by atoms with Gasteiger partial charge in [0.25, 0.3) is 0 Å². The molecular formula is C21H23Cl2NO2S. The van der Waals surface area contributed by atoms with Crippen LogP contribution in [0.5, 0.6) is 0 Å². The summed E-state index contributed by atoms with van der Waals surface area (Å²) in [5, 5.41) is 4.46. The van der Waals surface area contributed by atoms with Crippen LogP contribution in [0.4, 0.5) is 0 Å². The molecule has 0 atom stereocenters. The monoisotopic (exact) mass is 423 g/mol. The molecule has 1 heterocycles. The molecule has 0 aromatic heterocycles. The third-order valence-electron chi connectivity index (χ3n) is 4.91. The van der Waals surface area contributed by atoms with E-state index in [0.717, 1.165) is 35.5 Å². The lowest BCUT2D eigenvalue weighted by atomic mass is 9.73. The Balaban J connectivity index is 1.52. The number of carbonyl (C=O) groups is 1. The van der Waals surface area contributed by atoms with Crippen LogP contribution >= 0.6 is 35.0 Å². The van der Waals surface area contributed by atoms with Gasteiger partial charge >= 0.3 is 0 Å². The number of amides is 1. The highest BCUT2D eigenvalue weighted by atomic mass is 35.5. The number of hydrogen-bond donors (Lipinski definition) is 1. The van der Waals surface area contributed by atoms with Crippen molar-refractivity contribution in [2.24, 2.45) is 0 Å². The number of hydrogen-bond acceptors (Lipinski definition) is 3. The average Bonchev–Trinajstić information content (AvgIpc) is 2.70. The molecule has 0 bridgehead atoms. The summed E-state index contributed by atoms with van der Waals surface area (Å²) in [4.78, 5) is 13.0. The highest BCUT2D eigenvalue weighted by Crippen LogP contribution is 2.35. The number of halogens is 2. The Hall–Kier alpha value is -1.20. The summed E-state index contributed by atoms with van der Waals surface area (Å²) in [7, 11) is 0. The quantitative estimate of drug-likeness (QED) is 0.630. The number of benzene rings is 2. The number of nitrogens with one attached hydrogen (secondary N) is 1. The molecule has 0 unspecified atom stereocenters. The van der Waals surface area contributed by atoms with Gasteiger partial charge in [0.2, 0.25) is 5.91 Å². The Bertz CT molecular complexity index is 764. The van der Waals surface area contributed by atoms with Gasteiger partial charge in [-0.1, -0.05) is 59.6 Å². The largest absolute Gasteiger partial charge is 0.381 e. The van der Waals surface area contributed by atoms with Crippen LogP contribution in [0.1, 0.15) is 24.0 Å². The zero-order chi connectivity index (χ0) is 19.1. The summed E-state index contributed by atoms with van der Waals surface area (Å²) >= 11 is 13.9. The zero-order valence-electron chi connectivity index (χ0n) is 15.0. The van der Waals surface area contributed by atoms with Crippen molar-refractivity contribution in [1.29, 1.82) is 0 Å². The van der Waals surface area contributed by atoms with E-state index in [-0.39, 0.29) is 5.91 Å². The first-order chi connectivity index (χ1) is 13.1. The van der Waals surface area contributed by atoms with Gasteiger partial charge in [-0.2, -0.15) is 11.8 Å². The van der Waals surface area contributed by atoms with Crippen molar-refractivity contribution in [3.63, 3.8) is 0 Å². The van der Waals surface area contributed by atoms with Gasteiger partial charge in [-0.05, 0) is 36.1 Å². The molecule has 1 aliphatic heterocycles. The maximum atomic E-state index is 13.0. The van der Waals surface area contributed by atoms with E-state index in [0.29, 0.717) is 29.8 Å². The minimum Gasteiger partial charge on any atom is -0.381 e. The zero-order valence-corrected chi connectivity index (χ0v) is 17.4. The van der Waals surface area contributed by atoms with Crippen LogP contribution in [0, 0.1) is 0 Å². The topological polar surface area (TPSA) is 38.3 Å². The van der Waals surface area contributed by atoms with Crippen LogP contribution in [0.25, 0.3) is 0 Å². The molecule has 0 spiro atoms. The van der Waals surface area contributed by atoms with Crippen LogP contribution in [-0.2, 0) is 20.7 Å². The minimum atomic E-state index is -0.482. The third kappa shape index (κ3) is 5.20. The van der Waals surface area contributed by atoms with E-state index >= 15 is 0 Å². The number of thioether (sulfide) groups is 1. The normalized spacial score (nSPS) is 16.1. The predicted molar refractivity (Wildman–Crippen MR) is 114 cm³/mol. The van der Waals surface area contributed by atoms with Crippen LogP contribution in [-0.4, -0.2) is 31.4 Å². The Kier molecular flexibility index (Phi) is 7.48. The van der Waals surface area contributed by atoms with Gasteiger partial charge < -0.3 is 10.1 Å². The average molecular weight is 424 g/mol. The molecule has 27 heavy (non-hydrogen) atoms. The molecule has 0 radical (unpaired) electrons. The summed E-state index contributed by atoms with van der Waals surface area (Å²) in [6.07, 6.45) is 1.44. The second-order valence-electron chi connectivity index (χ2n) is 6.60. The van der Waals surface area contributed by atoms with Gasteiger partial charge in [0.05, 0.1) is 5.41 Å². The van der Waals surface area contributed by atoms with Gasteiger partial charge in [-0.25, -0.2) is 0 Å². The molecule has 3 nitrogen and oxygen atoms in total. The molecule has 144 valence electrons. The fraction of sp³-hybridized carbons (Fsp3) is 0.381. The molecule has 0 saturated carbocycles. The minimum absolute atomic E-state index is 0.0992. The molecule has 1 N–H and O–H groups in total. The van der Waals surface area contributed by atoms with Crippen molar-refractivity contribution >= 4 is 40.9 Å². The van der Waals surface area contributed by atoms with Crippen molar-refractivity contribution in [3.8, 4) is 0 Å². The van der Waals surface area contributed by atoms with Crippen molar-refractivity contribution in [2.45, 2.75) is 24.0 Å². The SMILES string of the molecule is O=C(NCCSCc1ccc(Cl)cc1Cl)C1(c2ccccc2)CCOCC1. The fourth-order valence-corrected chi connectivity index (χ4v) is 4.77. The summed E-state index contributed by atoms with van der Waals surface area (Å²) < 4.78 is 5.50. The van der Waals surface area contributed by atoms with E-state index in [1.165, 1.54) is 0 Å². The van der Waals surface area contributed by atoms with E-state index < -0.39 is 5.41 Å². The van der Waals surface area contributed by atoms with E-state index in [1.54, 1.807) is 17.8 Å². The highest BCUT2D eigenvalue weighted by molar-refractivity contribution is 7.98. The van der Waals surface area contributed by atoms with E-state index in [2.05, 4.69) is 5.32 Å². The lowest BCUT2D eigenvalue weighted by Gasteiger charge is -2.36. The first-order valence-corrected chi connectivity index (χ1v) is 11.0. The molecule has 1 fully saturated rings. The standard InChI is InChI=1S/C21H23Cl2NO2S/c22-18-7-6-16(19(23)14-18)15-27-13-10-24-20(25)21(8-11-26-12-9-21)17-4-2-1-3-5-17/h1-7,14H,8-13,15H2,(H,24,25). The third-order valence-corrected chi connectivity index (χ3v) is 6.51. The van der Waals surface area contributed by atoms with Crippen molar-refractivity contribution in [3.05, 3.63) is 69.7 Å².